The molecule has 0 spiro atoms. The van der Waals surface area contributed by atoms with Crippen molar-refractivity contribution in [3.63, 3.8) is 0 Å². The first kappa shape index (κ1) is 12.3. The molecule has 1 atom stereocenters. The number of carbonyl (C=O) groups is 1. The van der Waals surface area contributed by atoms with E-state index in [2.05, 4.69) is 0 Å². The summed E-state index contributed by atoms with van der Waals surface area (Å²) in [5.41, 5.74) is 1.77. The number of hydrogen-bond acceptors (Lipinski definition) is 2. The van der Waals surface area contributed by atoms with Gasteiger partial charge in [-0.1, -0.05) is 49.1 Å². The maximum Gasteiger partial charge on any atom is 0.191 e. The van der Waals surface area contributed by atoms with Crippen LogP contribution in [0.2, 0.25) is 0 Å². The standard InChI is InChI=1S/C15H20O2/c1-11-7-9-13(10-8-11)15(17)14(16)12-5-3-2-4-6-12/h7-10,12,14,16H,2-6H2,1H3. The fourth-order valence-electron chi connectivity index (χ4n) is 2.55. The highest BCUT2D eigenvalue weighted by Gasteiger charge is 2.27. The molecule has 0 saturated heterocycles. The third-order valence-corrected chi connectivity index (χ3v) is 3.70. The number of rotatable bonds is 3. The van der Waals surface area contributed by atoms with Crippen molar-refractivity contribution in [1.29, 1.82) is 0 Å². The Hall–Kier alpha value is -1.15. The normalized spacial score (nSPS) is 18.9. The van der Waals surface area contributed by atoms with E-state index in [-0.39, 0.29) is 11.7 Å². The van der Waals surface area contributed by atoms with Crippen LogP contribution in [0.1, 0.15) is 48.0 Å². The van der Waals surface area contributed by atoms with Crippen molar-refractivity contribution in [3.8, 4) is 0 Å². The Morgan fingerprint density at radius 2 is 1.76 bits per heavy atom. The van der Waals surface area contributed by atoms with E-state index in [4.69, 9.17) is 0 Å². The zero-order chi connectivity index (χ0) is 12.3. The largest absolute Gasteiger partial charge is 0.385 e. The monoisotopic (exact) mass is 232 g/mol. The molecule has 1 saturated carbocycles. The molecule has 17 heavy (non-hydrogen) atoms. The summed E-state index contributed by atoms with van der Waals surface area (Å²) in [7, 11) is 0. The Labute approximate surface area is 103 Å². The van der Waals surface area contributed by atoms with E-state index < -0.39 is 6.10 Å². The molecule has 0 radical (unpaired) electrons. The van der Waals surface area contributed by atoms with Gasteiger partial charge >= 0.3 is 0 Å². The number of ketones is 1. The average molecular weight is 232 g/mol. The number of carbonyl (C=O) groups excluding carboxylic acids is 1. The van der Waals surface area contributed by atoms with Gasteiger partial charge in [-0.2, -0.15) is 0 Å². The van der Waals surface area contributed by atoms with E-state index in [1.807, 2.05) is 31.2 Å². The second-order valence-electron chi connectivity index (χ2n) is 5.07. The van der Waals surface area contributed by atoms with Crippen molar-refractivity contribution >= 4 is 5.78 Å². The Morgan fingerprint density at radius 3 is 2.35 bits per heavy atom. The highest BCUT2D eigenvalue weighted by Crippen LogP contribution is 2.27. The molecule has 0 aromatic heterocycles. The predicted octanol–water partition coefficient (Wildman–Crippen LogP) is 3.12. The molecule has 92 valence electrons. The summed E-state index contributed by atoms with van der Waals surface area (Å²) in [5.74, 6) is 0.0504. The van der Waals surface area contributed by atoms with Gasteiger partial charge in [-0.15, -0.1) is 0 Å². The van der Waals surface area contributed by atoms with Gasteiger partial charge in [0.1, 0.15) is 6.10 Å². The van der Waals surface area contributed by atoms with Crippen molar-refractivity contribution in [2.24, 2.45) is 5.92 Å². The Bertz CT molecular complexity index is 374. The average Bonchev–Trinajstić information content (AvgIpc) is 2.39. The van der Waals surface area contributed by atoms with Crippen LogP contribution in [-0.2, 0) is 0 Å². The van der Waals surface area contributed by atoms with Gasteiger partial charge in [0.2, 0.25) is 0 Å². The number of Topliss-reactive ketones (excluding diaryl/α,β-unsaturated/α-hetero) is 1. The Kier molecular flexibility index (Phi) is 3.95. The van der Waals surface area contributed by atoms with Crippen LogP contribution in [0.15, 0.2) is 24.3 Å². The first-order valence-corrected chi connectivity index (χ1v) is 6.47. The number of aliphatic hydroxyl groups excluding tert-OH is 1. The number of aryl methyl sites for hydroxylation is 1. The molecule has 1 unspecified atom stereocenters. The molecule has 0 aliphatic heterocycles. The van der Waals surface area contributed by atoms with E-state index in [0.717, 1.165) is 31.2 Å². The molecule has 1 N–H and O–H groups in total. The summed E-state index contributed by atoms with van der Waals surface area (Å²) in [6, 6.07) is 7.45. The lowest BCUT2D eigenvalue weighted by Crippen LogP contribution is -2.31. The first-order chi connectivity index (χ1) is 8.18. The van der Waals surface area contributed by atoms with E-state index in [1.54, 1.807) is 0 Å². The minimum absolute atomic E-state index is 0.114. The highest BCUT2D eigenvalue weighted by molar-refractivity contribution is 5.99. The lowest BCUT2D eigenvalue weighted by Gasteiger charge is -2.25. The number of hydrogen-bond donors (Lipinski definition) is 1. The van der Waals surface area contributed by atoms with E-state index in [0.29, 0.717) is 5.56 Å². The first-order valence-electron chi connectivity index (χ1n) is 6.47. The maximum absolute atomic E-state index is 12.1. The summed E-state index contributed by atoms with van der Waals surface area (Å²) >= 11 is 0. The quantitative estimate of drug-likeness (QED) is 0.813. The van der Waals surface area contributed by atoms with Crippen LogP contribution >= 0.6 is 0 Å². The molecule has 1 aliphatic rings. The van der Waals surface area contributed by atoms with Gasteiger partial charge in [-0.3, -0.25) is 4.79 Å². The highest BCUT2D eigenvalue weighted by atomic mass is 16.3. The van der Waals surface area contributed by atoms with Crippen LogP contribution in [0.5, 0.6) is 0 Å². The van der Waals surface area contributed by atoms with E-state index >= 15 is 0 Å². The molecule has 0 bridgehead atoms. The second kappa shape index (κ2) is 5.46. The molecule has 1 aliphatic carbocycles. The summed E-state index contributed by atoms with van der Waals surface area (Å²) in [6.45, 7) is 1.99. The molecule has 1 fully saturated rings. The van der Waals surface area contributed by atoms with Crippen molar-refractivity contribution in [2.75, 3.05) is 0 Å². The van der Waals surface area contributed by atoms with Crippen LogP contribution in [-0.4, -0.2) is 17.0 Å². The van der Waals surface area contributed by atoms with Crippen LogP contribution in [0.25, 0.3) is 0 Å². The van der Waals surface area contributed by atoms with Crippen LogP contribution < -0.4 is 0 Å². The van der Waals surface area contributed by atoms with Crippen molar-refractivity contribution < 1.29 is 9.90 Å². The zero-order valence-electron chi connectivity index (χ0n) is 10.4. The molecule has 1 aromatic carbocycles. The Balaban J connectivity index is 2.05. The Morgan fingerprint density at radius 1 is 1.18 bits per heavy atom. The fraction of sp³-hybridized carbons (Fsp3) is 0.533. The molecule has 0 amide bonds. The SMILES string of the molecule is Cc1ccc(C(=O)C(O)C2CCCCC2)cc1. The predicted molar refractivity (Wildman–Crippen MR) is 68.1 cm³/mol. The smallest absolute Gasteiger partial charge is 0.191 e. The van der Waals surface area contributed by atoms with Gasteiger partial charge in [-0.25, -0.2) is 0 Å². The lowest BCUT2D eigenvalue weighted by atomic mass is 9.82. The summed E-state index contributed by atoms with van der Waals surface area (Å²) in [6.07, 6.45) is 4.68. The second-order valence-corrected chi connectivity index (χ2v) is 5.07. The summed E-state index contributed by atoms with van der Waals surface area (Å²) in [4.78, 5) is 12.1. The molecular formula is C15H20O2. The maximum atomic E-state index is 12.1. The van der Waals surface area contributed by atoms with Crippen molar-refractivity contribution in [2.45, 2.75) is 45.1 Å². The van der Waals surface area contributed by atoms with Gasteiger partial charge in [0.25, 0.3) is 0 Å². The number of benzene rings is 1. The molecule has 0 heterocycles. The lowest BCUT2D eigenvalue weighted by molar-refractivity contribution is 0.0534. The van der Waals surface area contributed by atoms with Crippen LogP contribution in [0.4, 0.5) is 0 Å². The van der Waals surface area contributed by atoms with Crippen LogP contribution in [0.3, 0.4) is 0 Å². The molecule has 2 rings (SSSR count). The van der Waals surface area contributed by atoms with Gasteiger partial charge in [-0.05, 0) is 25.7 Å². The third-order valence-electron chi connectivity index (χ3n) is 3.70. The molecular weight excluding hydrogens is 212 g/mol. The molecule has 1 aromatic rings. The fourth-order valence-corrected chi connectivity index (χ4v) is 2.55. The topological polar surface area (TPSA) is 37.3 Å². The summed E-state index contributed by atoms with van der Waals surface area (Å²) < 4.78 is 0. The minimum atomic E-state index is -0.807. The van der Waals surface area contributed by atoms with Gasteiger partial charge in [0.15, 0.2) is 5.78 Å². The van der Waals surface area contributed by atoms with E-state index in [1.165, 1.54) is 6.42 Å². The van der Waals surface area contributed by atoms with Crippen molar-refractivity contribution in [1.82, 2.24) is 0 Å². The van der Waals surface area contributed by atoms with Gasteiger partial charge in [0, 0.05) is 5.56 Å². The van der Waals surface area contributed by atoms with Gasteiger partial charge in [0.05, 0.1) is 0 Å². The minimum Gasteiger partial charge on any atom is -0.385 e. The van der Waals surface area contributed by atoms with E-state index in [9.17, 15) is 9.90 Å². The third kappa shape index (κ3) is 2.95. The molecule has 2 heteroatoms. The summed E-state index contributed by atoms with van der Waals surface area (Å²) in [5, 5.41) is 10.1. The molecule has 2 nitrogen and oxygen atoms in total. The van der Waals surface area contributed by atoms with Crippen molar-refractivity contribution in [3.05, 3.63) is 35.4 Å². The number of aliphatic hydroxyl groups is 1. The van der Waals surface area contributed by atoms with Crippen LogP contribution in [0, 0.1) is 12.8 Å². The zero-order valence-corrected chi connectivity index (χ0v) is 10.4. The van der Waals surface area contributed by atoms with Gasteiger partial charge < -0.3 is 5.11 Å².